The molecule has 0 aromatic heterocycles. The van der Waals surface area contributed by atoms with Crippen molar-refractivity contribution >= 4 is 41.2 Å². The quantitative estimate of drug-likeness (QED) is 0.135. The zero-order valence-electron chi connectivity index (χ0n) is 29.4. The molecule has 8 rings (SSSR count). The number of ether oxygens (including phenoxy) is 3. The lowest BCUT2D eigenvalue weighted by atomic mass is 10.0. The van der Waals surface area contributed by atoms with Crippen LogP contribution in [0.2, 0.25) is 10.0 Å². The molecule has 10 heteroatoms. The highest BCUT2D eigenvalue weighted by molar-refractivity contribution is 6.32. The first-order valence-corrected chi connectivity index (χ1v) is 18.7. The maximum absolute atomic E-state index is 13.2. The van der Waals surface area contributed by atoms with Gasteiger partial charge in [0.15, 0.2) is 0 Å². The van der Waals surface area contributed by atoms with Gasteiger partial charge in [-0.2, -0.15) is 0 Å². The van der Waals surface area contributed by atoms with Crippen molar-refractivity contribution in [1.82, 2.24) is 4.90 Å². The van der Waals surface area contributed by atoms with Crippen LogP contribution in [0, 0.1) is 11.8 Å². The largest absolute Gasteiger partial charge is 0.487 e. The summed E-state index contributed by atoms with van der Waals surface area (Å²) >= 11 is 12.7. The van der Waals surface area contributed by atoms with Gasteiger partial charge in [0.25, 0.3) is 0 Å². The van der Waals surface area contributed by atoms with Crippen molar-refractivity contribution in [2.24, 2.45) is 11.8 Å². The summed E-state index contributed by atoms with van der Waals surface area (Å²) < 4.78 is 16.8. The number of benzene rings is 5. The summed E-state index contributed by atoms with van der Waals surface area (Å²) in [5.41, 5.74) is 5.17. The Bertz CT molecular complexity index is 2100. The van der Waals surface area contributed by atoms with Crippen molar-refractivity contribution in [3.63, 3.8) is 0 Å². The van der Waals surface area contributed by atoms with E-state index in [1.807, 2.05) is 127 Å². The summed E-state index contributed by atoms with van der Waals surface area (Å²) in [6.45, 7) is 1.13. The highest BCUT2D eigenvalue weighted by Gasteiger charge is 2.51. The summed E-state index contributed by atoms with van der Waals surface area (Å²) in [6.07, 6.45) is 1.43. The Kier molecular flexibility index (Phi) is 11.5. The lowest BCUT2D eigenvalue weighted by molar-refractivity contribution is -0.138. The van der Waals surface area contributed by atoms with Crippen LogP contribution < -0.4 is 9.47 Å². The number of imide groups is 1. The van der Waals surface area contributed by atoms with Crippen LogP contribution in [-0.4, -0.2) is 40.6 Å². The highest BCUT2D eigenvalue weighted by Crippen LogP contribution is 2.50. The van der Waals surface area contributed by atoms with E-state index in [9.17, 15) is 14.4 Å². The maximum Gasteiger partial charge on any atom is 0.416 e. The summed E-state index contributed by atoms with van der Waals surface area (Å²) in [6, 6.07) is 40.5. The van der Waals surface area contributed by atoms with Gasteiger partial charge in [0, 0.05) is 5.92 Å². The molecule has 0 radical (unpaired) electrons. The lowest BCUT2D eigenvalue weighted by Crippen LogP contribution is -2.41. The lowest BCUT2D eigenvalue weighted by Gasteiger charge is -2.20. The fourth-order valence-electron chi connectivity index (χ4n) is 6.82. The molecule has 1 aliphatic heterocycles. The zero-order chi connectivity index (χ0) is 37.6. The third-order valence-electron chi connectivity index (χ3n) is 9.97. The number of carboxylic acids is 1. The number of halogens is 2. The molecule has 2 amide bonds. The fourth-order valence-corrected chi connectivity index (χ4v) is 7.31. The molecule has 1 N–H and O–H groups in total. The number of cyclic esters (lactones) is 1. The second-order valence-electron chi connectivity index (χ2n) is 13.8. The van der Waals surface area contributed by atoms with Gasteiger partial charge in [-0.3, -0.25) is 9.59 Å². The second kappa shape index (κ2) is 16.8. The predicted molar refractivity (Wildman–Crippen MR) is 206 cm³/mol. The van der Waals surface area contributed by atoms with Crippen LogP contribution in [0.3, 0.4) is 0 Å². The van der Waals surface area contributed by atoms with E-state index < -0.39 is 12.1 Å². The van der Waals surface area contributed by atoms with Gasteiger partial charge in [-0.25, -0.2) is 9.69 Å². The molecule has 54 heavy (non-hydrogen) atoms. The summed E-state index contributed by atoms with van der Waals surface area (Å²) in [5.74, 6) is -0.0366. The molecule has 1 saturated heterocycles. The topological polar surface area (TPSA) is 102 Å². The van der Waals surface area contributed by atoms with E-state index >= 15 is 0 Å². The van der Waals surface area contributed by atoms with Gasteiger partial charge < -0.3 is 19.3 Å². The highest BCUT2D eigenvalue weighted by atomic mass is 35.5. The van der Waals surface area contributed by atoms with Crippen LogP contribution in [0.4, 0.5) is 4.79 Å². The summed E-state index contributed by atoms with van der Waals surface area (Å²) in [5, 5.41) is 10.0. The number of carboxylic acid groups (broad SMARTS) is 1. The van der Waals surface area contributed by atoms with Crippen LogP contribution in [0.5, 0.6) is 11.5 Å². The molecule has 2 saturated carbocycles. The van der Waals surface area contributed by atoms with E-state index in [0.717, 1.165) is 27.8 Å². The first-order chi connectivity index (χ1) is 26.2. The molecule has 8 nitrogen and oxygen atoms in total. The molecular weight excluding hydrogens is 725 g/mol. The normalized spacial score (nSPS) is 21.0. The van der Waals surface area contributed by atoms with Crippen LogP contribution in [0.25, 0.3) is 0 Å². The fraction of sp³-hybridized carbons (Fsp3) is 0.250. The number of aliphatic carboxylic acids is 1. The van der Waals surface area contributed by atoms with E-state index in [1.54, 1.807) is 0 Å². The SMILES string of the molecule is O=C(O)C1CC1c1ccc(OCc2ccccc2)c(Cl)c1.O=C1OC[C@@H](Cc2ccccc2)N1C(=O)C1CC1c1ccc(OCc2ccccc2)c(Cl)c1. The van der Waals surface area contributed by atoms with Crippen LogP contribution >= 0.6 is 23.2 Å². The van der Waals surface area contributed by atoms with Gasteiger partial charge in [-0.15, -0.1) is 0 Å². The molecule has 0 spiro atoms. The van der Waals surface area contributed by atoms with Gasteiger partial charge in [0.05, 0.1) is 22.0 Å². The van der Waals surface area contributed by atoms with Crippen LogP contribution in [0.1, 0.15) is 52.5 Å². The van der Waals surface area contributed by atoms with E-state index in [4.69, 9.17) is 42.5 Å². The van der Waals surface area contributed by atoms with Crippen molar-refractivity contribution in [1.29, 1.82) is 0 Å². The minimum atomic E-state index is -0.736. The molecule has 3 fully saturated rings. The van der Waals surface area contributed by atoms with Gasteiger partial charge >= 0.3 is 12.1 Å². The van der Waals surface area contributed by atoms with E-state index in [2.05, 4.69) is 0 Å². The third-order valence-corrected chi connectivity index (χ3v) is 10.6. The number of hydrogen-bond donors (Lipinski definition) is 1. The zero-order valence-corrected chi connectivity index (χ0v) is 30.9. The summed E-state index contributed by atoms with van der Waals surface area (Å²) in [4.78, 5) is 37.7. The maximum atomic E-state index is 13.2. The molecule has 276 valence electrons. The Labute approximate surface area is 324 Å². The van der Waals surface area contributed by atoms with Crippen molar-refractivity contribution in [2.45, 2.75) is 50.4 Å². The standard InChI is InChI=1S/C27H24ClNO4.C17H15ClO3/c28-24-14-20(11-12-25(24)32-16-19-9-5-2-6-10-19)22-15-23(22)26(30)29-21(17-33-27(29)31)13-18-7-3-1-4-8-18;18-15-8-12(13-9-14(13)17(19)20)6-7-16(15)21-10-11-4-2-1-3-5-11/h1-12,14,21-23H,13,15-17H2;1-8,13-14H,9-10H2,(H,19,20)/t21-,22?,23?;/m1./s1. The number of amides is 2. The Balaban J connectivity index is 0.000000184. The molecule has 4 unspecified atom stereocenters. The average molecular weight is 765 g/mol. The molecule has 2 aliphatic carbocycles. The Morgan fingerprint density at radius 2 is 1.13 bits per heavy atom. The minimum Gasteiger partial charge on any atom is -0.487 e. The molecule has 5 aromatic rings. The van der Waals surface area contributed by atoms with Crippen molar-refractivity contribution in [3.8, 4) is 11.5 Å². The van der Waals surface area contributed by atoms with Gasteiger partial charge in [0.2, 0.25) is 5.91 Å². The Morgan fingerprint density at radius 3 is 1.59 bits per heavy atom. The van der Waals surface area contributed by atoms with E-state index in [-0.39, 0.29) is 42.2 Å². The van der Waals surface area contributed by atoms with Gasteiger partial charge in [-0.05, 0) is 83.2 Å². The van der Waals surface area contributed by atoms with Crippen LogP contribution in [0.15, 0.2) is 127 Å². The Morgan fingerprint density at radius 1 is 0.667 bits per heavy atom. The van der Waals surface area contributed by atoms with Gasteiger partial charge in [0.1, 0.15) is 31.3 Å². The molecule has 5 aromatic carbocycles. The van der Waals surface area contributed by atoms with Crippen LogP contribution in [-0.2, 0) is 34.0 Å². The van der Waals surface area contributed by atoms with Gasteiger partial charge in [-0.1, -0.05) is 126 Å². The summed E-state index contributed by atoms with van der Waals surface area (Å²) in [7, 11) is 0. The van der Waals surface area contributed by atoms with E-state index in [0.29, 0.717) is 54.0 Å². The number of rotatable bonds is 12. The molecular formula is C44H39Cl2NO7. The Hall–Kier alpha value is -5.31. The second-order valence-corrected chi connectivity index (χ2v) is 14.6. The van der Waals surface area contributed by atoms with Crippen molar-refractivity contribution < 1.29 is 33.7 Å². The van der Waals surface area contributed by atoms with E-state index in [1.165, 1.54) is 4.90 Å². The predicted octanol–water partition coefficient (Wildman–Crippen LogP) is 9.72. The molecule has 5 atom stereocenters. The average Bonchev–Trinajstić information content (AvgIpc) is 4.12. The number of carbonyl (C=O) groups is 3. The third kappa shape index (κ3) is 9.07. The van der Waals surface area contributed by atoms with Crippen molar-refractivity contribution in [2.75, 3.05) is 6.61 Å². The smallest absolute Gasteiger partial charge is 0.416 e. The molecule has 1 heterocycles. The molecule has 0 bridgehead atoms. The first kappa shape index (κ1) is 37.0. The minimum absolute atomic E-state index is 0.0453. The van der Waals surface area contributed by atoms with Crippen molar-refractivity contribution in [3.05, 3.63) is 165 Å². The first-order valence-electron chi connectivity index (χ1n) is 17.9. The molecule has 3 aliphatic rings. The monoisotopic (exact) mass is 763 g/mol. The number of hydrogen-bond acceptors (Lipinski definition) is 6. The number of carbonyl (C=O) groups excluding carboxylic acids is 2. The number of nitrogens with zero attached hydrogens (tertiary/aromatic N) is 1.